The van der Waals surface area contributed by atoms with E-state index in [0.717, 1.165) is 25.1 Å². The molecule has 1 aliphatic heterocycles. The van der Waals surface area contributed by atoms with Gasteiger partial charge in [-0.2, -0.15) is 0 Å². The Labute approximate surface area is 111 Å². The normalized spacial score (nSPS) is 44.7. The van der Waals surface area contributed by atoms with Crippen LogP contribution in [0.2, 0.25) is 0 Å². The van der Waals surface area contributed by atoms with Gasteiger partial charge in [-0.1, -0.05) is 6.42 Å². The average molecular weight is 252 g/mol. The maximum Gasteiger partial charge on any atom is 0.0611 e. The highest BCUT2D eigenvalue weighted by molar-refractivity contribution is 5.08. The van der Waals surface area contributed by atoms with Crippen LogP contribution in [-0.2, 0) is 4.74 Å². The Hall–Kier alpha value is -0.120. The van der Waals surface area contributed by atoms with Crippen LogP contribution >= 0.6 is 0 Å². The van der Waals surface area contributed by atoms with Crippen molar-refractivity contribution < 1.29 is 4.74 Å². The lowest BCUT2D eigenvalue weighted by atomic mass is 9.70. The fourth-order valence-electron chi connectivity index (χ4n) is 4.70. The molecule has 3 fully saturated rings. The first-order valence-corrected chi connectivity index (χ1v) is 7.87. The van der Waals surface area contributed by atoms with E-state index < -0.39 is 0 Å². The van der Waals surface area contributed by atoms with Crippen molar-refractivity contribution in [2.45, 2.75) is 69.6 Å². The van der Waals surface area contributed by atoms with E-state index in [9.17, 15) is 0 Å². The molecule has 1 heterocycles. The molecule has 18 heavy (non-hydrogen) atoms. The molecule has 3 aliphatic rings. The summed E-state index contributed by atoms with van der Waals surface area (Å²) in [6.45, 7) is 5.03. The number of hydrogen-bond acceptors (Lipinski definition) is 3. The van der Waals surface area contributed by atoms with Crippen molar-refractivity contribution in [3.05, 3.63) is 0 Å². The number of fused-ring (bicyclic) bond motifs is 1. The van der Waals surface area contributed by atoms with Gasteiger partial charge in [0.15, 0.2) is 0 Å². The number of likely N-dealkylation sites (tertiary alicyclic amines) is 1. The predicted molar refractivity (Wildman–Crippen MR) is 73.5 cm³/mol. The molecule has 0 aromatic carbocycles. The van der Waals surface area contributed by atoms with Gasteiger partial charge in [0.1, 0.15) is 0 Å². The summed E-state index contributed by atoms with van der Waals surface area (Å²) in [5, 5.41) is 0. The van der Waals surface area contributed by atoms with Crippen LogP contribution in [0, 0.1) is 5.92 Å². The number of nitrogens with zero attached hydrogens (tertiary/aromatic N) is 1. The molecule has 2 N–H and O–H groups in total. The third-order valence-electron chi connectivity index (χ3n) is 5.60. The van der Waals surface area contributed by atoms with Crippen LogP contribution in [0.25, 0.3) is 0 Å². The number of piperidine rings is 1. The van der Waals surface area contributed by atoms with Crippen LogP contribution in [0.15, 0.2) is 0 Å². The Kier molecular flexibility index (Phi) is 3.65. The fraction of sp³-hybridized carbons (Fsp3) is 1.00. The van der Waals surface area contributed by atoms with E-state index in [-0.39, 0.29) is 5.54 Å². The molecule has 2 aliphatic carbocycles. The molecule has 0 aromatic rings. The van der Waals surface area contributed by atoms with E-state index in [4.69, 9.17) is 10.5 Å². The van der Waals surface area contributed by atoms with Gasteiger partial charge in [-0.25, -0.2) is 0 Å². The first kappa shape index (κ1) is 12.9. The maximum absolute atomic E-state index is 6.14. The van der Waals surface area contributed by atoms with Crippen molar-refractivity contribution in [2.24, 2.45) is 11.7 Å². The van der Waals surface area contributed by atoms with Crippen LogP contribution in [0.4, 0.5) is 0 Å². The van der Waals surface area contributed by atoms with Gasteiger partial charge in [0.2, 0.25) is 0 Å². The quantitative estimate of drug-likeness (QED) is 0.833. The van der Waals surface area contributed by atoms with Crippen LogP contribution < -0.4 is 5.73 Å². The highest BCUT2D eigenvalue weighted by Crippen LogP contribution is 2.47. The minimum atomic E-state index is 0.285. The topological polar surface area (TPSA) is 38.5 Å². The van der Waals surface area contributed by atoms with Gasteiger partial charge in [-0.15, -0.1) is 0 Å². The molecule has 0 amide bonds. The Bertz CT molecular complexity index is 288. The summed E-state index contributed by atoms with van der Waals surface area (Å²) < 4.78 is 5.75. The van der Waals surface area contributed by atoms with Gasteiger partial charge in [0.25, 0.3) is 0 Å². The van der Waals surface area contributed by atoms with Crippen LogP contribution in [0.5, 0.6) is 0 Å². The van der Waals surface area contributed by atoms with E-state index >= 15 is 0 Å². The lowest BCUT2D eigenvalue weighted by Gasteiger charge is -2.58. The van der Waals surface area contributed by atoms with Crippen LogP contribution in [-0.4, -0.2) is 42.3 Å². The van der Waals surface area contributed by atoms with Gasteiger partial charge in [-0.05, 0) is 57.9 Å². The second-order valence-corrected chi connectivity index (χ2v) is 6.51. The molecule has 0 radical (unpaired) electrons. The molecule has 3 heteroatoms. The van der Waals surface area contributed by atoms with Crippen molar-refractivity contribution in [1.82, 2.24) is 4.90 Å². The second-order valence-electron chi connectivity index (χ2n) is 6.51. The average Bonchev–Trinajstić information content (AvgIpc) is 2.81. The smallest absolute Gasteiger partial charge is 0.0611 e. The molecule has 0 bridgehead atoms. The lowest BCUT2D eigenvalue weighted by molar-refractivity contribution is -0.125. The Balaban J connectivity index is 1.68. The number of nitrogens with two attached hydrogens (primary N) is 1. The number of hydrogen-bond donors (Lipinski definition) is 1. The van der Waals surface area contributed by atoms with Crippen molar-refractivity contribution in [2.75, 3.05) is 19.7 Å². The Morgan fingerprint density at radius 3 is 2.72 bits per heavy atom. The zero-order valence-electron chi connectivity index (χ0n) is 11.7. The number of rotatable bonds is 4. The summed E-state index contributed by atoms with van der Waals surface area (Å²) in [7, 11) is 0. The molecule has 1 saturated heterocycles. The van der Waals surface area contributed by atoms with Crippen molar-refractivity contribution in [3.63, 3.8) is 0 Å². The summed E-state index contributed by atoms with van der Waals surface area (Å²) in [6, 6.07) is 0.838. The minimum Gasteiger partial charge on any atom is -0.378 e. The molecule has 104 valence electrons. The standard InChI is InChI=1S/C15H28N2O/c1-2-18-13-9-15(10-13,11-16)17-8-4-6-12-5-3-7-14(12)17/h12-14H,2-11,16H2,1H3. The molecule has 0 aromatic heterocycles. The third-order valence-corrected chi connectivity index (χ3v) is 5.60. The third kappa shape index (κ3) is 2.00. The zero-order chi connectivity index (χ0) is 12.6. The first-order chi connectivity index (χ1) is 8.79. The summed E-state index contributed by atoms with van der Waals surface area (Å²) in [6.07, 6.45) is 9.93. The summed E-state index contributed by atoms with van der Waals surface area (Å²) in [4.78, 5) is 2.80. The zero-order valence-corrected chi connectivity index (χ0v) is 11.7. The second kappa shape index (κ2) is 5.10. The summed E-state index contributed by atoms with van der Waals surface area (Å²) in [5.41, 5.74) is 6.43. The van der Waals surface area contributed by atoms with Crippen molar-refractivity contribution in [1.29, 1.82) is 0 Å². The van der Waals surface area contributed by atoms with Gasteiger partial charge in [0, 0.05) is 24.7 Å². The number of ether oxygens (including phenoxy) is 1. The van der Waals surface area contributed by atoms with Gasteiger partial charge in [-0.3, -0.25) is 4.90 Å². The van der Waals surface area contributed by atoms with E-state index in [1.807, 2.05) is 0 Å². The van der Waals surface area contributed by atoms with Gasteiger partial charge < -0.3 is 10.5 Å². The summed E-state index contributed by atoms with van der Waals surface area (Å²) in [5.74, 6) is 0.966. The SMILES string of the molecule is CCOC1CC(CN)(N2CCCC3CCCC32)C1. The van der Waals surface area contributed by atoms with Gasteiger partial charge in [0.05, 0.1) is 6.10 Å². The van der Waals surface area contributed by atoms with E-state index in [2.05, 4.69) is 11.8 Å². The minimum absolute atomic E-state index is 0.285. The highest BCUT2D eigenvalue weighted by atomic mass is 16.5. The lowest BCUT2D eigenvalue weighted by Crippen LogP contribution is -2.67. The molecule has 3 rings (SSSR count). The van der Waals surface area contributed by atoms with Crippen molar-refractivity contribution in [3.8, 4) is 0 Å². The van der Waals surface area contributed by atoms with Crippen molar-refractivity contribution >= 4 is 0 Å². The molecule has 2 atom stereocenters. The van der Waals surface area contributed by atoms with Crippen LogP contribution in [0.1, 0.15) is 51.9 Å². The maximum atomic E-state index is 6.14. The highest BCUT2D eigenvalue weighted by Gasteiger charge is 2.52. The van der Waals surface area contributed by atoms with E-state index in [1.165, 1.54) is 51.5 Å². The molecule has 0 spiro atoms. The Morgan fingerprint density at radius 2 is 2.00 bits per heavy atom. The van der Waals surface area contributed by atoms with Gasteiger partial charge >= 0.3 is 0 Å². The summed E-state index contributed by atoms with van der Waals surface area (Å²) >= 11 is 0. The molecular weight excluding hydrogens is 224 g/mol. The molecule has 3 nitrogen and oxygen atoms in total. The first-order valence-electron chi connectivity index (χ1n) is 7.87. The molecule has 2 saturated carbocycles. The van der Waals surface area contributed by atoms with E-state index in [0.29, 0.717) is 6.10 Å². The van der Waals surface area contributed by atoms with Crippen LogP contribution in [0.3, 0.4) is 0 Å². The fourth-order valence-corrected chi connectivity index (χ4v) is 4.70. The predicted octanol–water partition coefficient (Wildman–Crippen LogP) is 2.15. The monoisotopic (exact) mass is 252 g/mol. The van der Waals surface area contributed by atoms with E-state index in [1.54, 1.807) is 0 Å². The molecular formula is C15H28N2O. The molecule has 2 unspecified atom stereocenters. The Morgan fingerprint density at radius 1 is 1.22 bits per heavy atom. The largest absolute Gasteiger partial charge is 0.378 e.